The molecule has 0 aliphatic carbocycles. The second-order valence-electron chi connectivity index (χ2n) is 2.97. The zero-order chi connectivity index (χ0) is 10.5. The minimum Gasteiger partial charge on any atom is -0.264 e. The second-order valence-corrected chi connectivity index (χ2v) is 6.39. The maximum absolute atomic E-state index is 7.09. The van der Waals surface area contributed by atoms with Gasteiger partial charge in [-0.1, -0.05) is 6.07 Å². The molecule has 0 fully saturated rings. The van der Waals surface area contributed by atoms with Gasteiger partial charge in [-0.05, 0) is 30.0 Å². The van der Waals surface area contributed by atoms with Crippen LogP contribution in [0.25, 0.3) is 9.75 Å². The average Bonchev–Trinajstić information content (AvgIpc) is 2.87. The SMILES string of the molecule is N=INCCc1ccc(-c2cccs2)s1. The average molecular weight is 350 g/mol. The summed E-state index contributed by atoms with van der Waals surface area (Å²) in [6.45, 7) is 0.946. The molecule has 0 aromatic carbocycles. The van der Waals surface area contributed by atoms with Gasteiger partial charge in [0.15, 0.2) is 0 Å². The van der Waals surface area contributed by atoms with Gasteiger partial charge in [-0.3, -0.25) is 7.09 Å². The summed E-state index contributed by atoms with van der Waals surface area (Å²) in [4.78, 5) is 4.12. The lowest BCUT2D eigenvalue weighted by atomic mass is 10.3. The van der Waals surface area contributed by atoms with Gasteiger partial charge >= 0.3 is 0 Å². The summed E-state index contributed by atoms with van der Waals surface area (Å²) >= 11 is 3.14. The van der Waals surface area contributed by atoms with Crippen LogP contribution in [0.2, 0.25) is 0 Å². The van der Waals surface area contributed by atoms with Gasteiger partial charge < -0.3 is 0 Å². The van der Waals surface area contributed by atoms with Crippen LogP contribution >= 0.6 is 44.0 Å². The highest BCUT2D eigenvalue weighted by atomic mass is 127. The van der Waals surface area contributed by atoms with E-state index in [4.69, 9.17) is 3.56 Å². The van der Waals surface area contributed by atoms with E-state index in [0.29, 0.717) is 0 Å². The van der Waals surface area contributed by atoms with Crippen molar-refractivity contribution < 1.29 is 0 Å². The third kappa shape index (κ3) is 3.17. The van der Waals surface area contributed by atoms with Gasteiger partial charge in [-0.2, -0.15) is 0 Å². The number of thiophene rings is 2. The highest BCUT2D eigenvalue weighted by Crippen LogP contribution is 2.31. The van der Waals surface area contributed by atoms with Crippen molar-refractivity contribution in [3.63, 3.8) is 0 Å². The fraction of sp³-hybridized carbons (Fsp3) is 0.200. The zero-order valence-corrected chi connectivity index (χ0v) is 11.8. The zero-order valence-electron chi connectivity index (χ0n) is 8.00. The van der Waals surface area contributed by atoms with E-state index in [1.165, 1.54) is 14.6 Å². The number of nitrogens with one attached hydrogen (secondary N) is 2. The number of hydrogen-bond donors (Lipinski definition) is 2. The molecule has 0 saturated heterocycles. The van der Waals surface area contributed by atoms with Crippen LogP contribution in [0.3, 0.4) is 0 Å². The van der Waals surface area contributed by atoms with Gasteiger partial charge in [0.1, 0.15) is 0 Å². The Balaban J connectivity index is 2.01. The van der Waals surface area contributed by atoms with Crippen molar-refractivity contribution in [2.45, 2.75) is 6.42 Å². The second kappa shape index (κ2) is 5.83. The van der Waals surface area contributed by atoms with Crippen molar-refractivity contribution in [3.8, 4) is 9.75 Å². The van der Waals surface area contributed by atoms with Crippen LogP contribution in [0.5, 0.6) is 0 Å². The maximum Gasteiger partial charge on any atom is 0.0747 e. The lowest BCUT2D eigenvalue weighted by Crippen LogP contribution is -2.02. The Morgan fingerprint density at radius 2 is 2.20 bits per heavy atom. The van der Waals surface area contributed by atoms with Crippen LogP contribution in [0.4, 0.5) is 0 Å². The molecule has 0 aliphatic heterocycles. The molecular weight excluding hydrogens is 339 g/mol. The maximum atomic E-state index is 7.09. The van der Waals surface area contributed by atoms with Gasteiger partial charge in [0.2, 0.25) is 0 Å². The molecule has 0 saturated carbocycles. The normalized spacial score (nSPS) is 10.7. The van der Waals surface area contributed by atoms with Gasteiger partial charge in [0.05, 0.1) is 21.3 Å². The highest BCUT2D eigenvalue weighted by Gasteiger charge is 2.02. The standard InChI is InChI=1S/C10H11IN2S2/c12-11-13-6-5-8-3-4-10(15-8)9-2-1-7-14-9/h1-4,7H,5-6H2,(H2,12,13). The van der Waals surface area contributed by atoms with Gasteiger partial charge in [-0.25, -0.2) is 0 Å². The van der Waals surface area contributed by atoms with Crippen molar-refractivity contribution in [2.75, 3.05) is 6.54 Å². The Morgan fingerprint density at radius 3 is 2.93 bits per heavy atom. The van der Waals surface area contributed by atoms with E-state index < -0.39 is 21.3 Å². The Hall–Kier alpha value is -0.110. The van der Waals surface area contributed by atoms with Crippen LogP contribution in [0.1, 0.15) is 4.88 Å². The fourth-order valence-electron chi connectivity index (χ4n) is 1.28. The molecule has 2 aromatic rings. The molecular formula is C10H11IN2S2. The van der Waals surface area contributed by atoms with Crippen LogP contribution < -0.4 is 3.53 Å². The minimum atomic E-state index is -0.514. The lowest BCUT2D eigenvalue weighted by Gasteiger charge is -1.94. The minimum absolute atomic E-state index is 0.514. The predicted molar refractivity (Wildman–Crippen MR) is 76.1 cm³/mol. The quantitative estimate of drug-likeness (QED) is 0.472. The van der Waals surface area contributed by atoms with Crippen molar-refractivity contribution in [3.05, 3.63) is 34.5 Å². The molecule has 0 amide bonds. The molecule has 2 heterocycles. The van der Waals surface area contributed by atoms with E-state index in [1.54, 1.807) is 11.3 Å². The third-order valence-corrected chi connectivity index (χ3v) is 5.09. The van der Waals surface area contributed by atoms with Crippen LogP contribution in [-0.2, 0) is 6.42 Å². The Labute approximate surface area is 108 Å². The van der Waals surface area contributed by atoms with E-state index >= 15 is 0 Å². The molecule has 2 aromatic heterocycles. The largest absolute Gasteiger partial charge is 0.264 e. The van der Waals surface area contributed by atoms with Crippen LogP contribution in [0.15, 0.2) is 29.6 Å². The first kappa shape index (κ1) is 11.4. The van der Waals surface area contributed by atoms with Crippen molar-refractivity contribution in [2.24, 2.45) is 0 Å². The monoisotopic (exact) mass is 350 g/mol. The molecule has 80 valence electrons. The van der Waals surface area contributed by atoms with E-state index in [9.17, 15) is 0 Å². The summed E-state index contributed by atoms with van der Waals surface area (Å²) in [7, 11) is 0. The Bertz CT molecular complexity index is 422. The molecule has 2 N–H and O–H groups in total. The highest BCUT2D eigenvalue weighted by molar-refractivity contribution is 14.1. The molecule has 2 rings (SSSR count). The van der Waals surface area contributed by atoms with Crippen LogP contribution in [0, 0.1) is 3.56 Å². The molecule has 0 aliphatic rings. The number of rotatable bonds is 5. The molecule has 0 atom stereocenters. The molecule has 0 unspecified atom stereocenters. The van der Waals surface area contributed by atoms with Crippen LogP contribution in [-0.4, -0.2) is 6.54 Å². The van der Waals surface area contributed by atoms with E-state index in [0.717, 1.165) is 13.0 Å². The first-order valence-corrected chi connectivity index (χ1v) is 8.40. The number of halogens is 1. The molecule has 0 spiro atoms. The molecule has 5 heteroatoms. The summed E-state index contributed by atoms with van der Waals surface area (Å²) < 4.78 is 10.2. The fourth-order valence-corrected chi connectivity index (χ4v) is 3.66. The molecule has 0 radical (unpaired) electrons. The van der Waals surface area contributed by atoms with Gasteiger partial charge in [-0.15, -0.1) is 22.7 Å². The third-order valence-electron chi connectivity index (χ3n) is 1.96. The first-order valence-electron chi connectivity index (χ1n) is 4.55. The van der Waals surface area contributed by atoms with Gasteiger partial charge in [0, 0.05) is 21.2 Å². The lowest BCUT2D eigenvalue weighted by molar-refractivity contribution is 0.948. The summed E-state index contributed by atoms with van der Waals surface area (Å²) in [5.41, 5.74) is 0. The molecule has 0 bridgehead atoms. The summed E-state index contributed by atoms with van der Waals surface area (Å²) in [6.07, 6.45) is 1.05. The van der Waals surface area contributed by atoms with E-state index in [2.05, 4.69) is 33.2 Å². The Morgan fingerprint density at radius 1 is 1.27 bits per heavy atom. The van der Waals surface area contributed by atoms with Crippen molar-refractivity contribution in [1.29, 1.82) is 3.56 Å². The molecule has 2 nitrogen and oxygen atoms in total. The van der Waals surface area contributed by atoms with Gasteiger partial charge in [0.25, 0.3) is 0 Å². The predicted octanol–water partition coefficient (Wildman–Crippen LogP) is 4.26. The summed E-state index contributed by atoms with van der Waals surface area (Å²) in [6, 6.07) is 8.64. The van der Waals surface area contributed by atoms with E-state index in [1.807, 2.05) is 11.3 Å². The molecule has 15 heavy (non-hydrogen) atoms. The van der Waals surface area contributed by atoms with E-state index in [-0.39, 0.29) is 0 Å². The summed E-state index contributed by atoms with van der Waals surface area (Å²) in [5, 5.41) is 2.11. The number of hydrogen-bond acceptors (Lipinski definition) is 3. The van der Waals surface area contributed by atoms with Crippen molar-refractivity contribution >= 4 is 44.0 Å². The Kier molecular flexibility index (Phi) is 4.42. The summed E-state index contributed by atoms with van der Waals surface area (Å²) in [5.74, 6) is 0. The topological polar surface area (TPSA) is 35.9 Å². The van der Waals surface area contributed by atoms with Crippen molar-refractivity contribution in [1.82, 2.24) is 3.53 Å². The smallest absolute Gasteiger partial charge is 0.0747 e. The first-order chi connectivity index (χ1) is 7.40.